The lowest BCUT2D eigenvalue weighted by Gasteiger charge is -2.16. The number of nitrogens with zero attached hydrogens (tertiary/aromatic N) is 1. The van der Waals surface area contributed by atoms with Gasteiger partial charge in [0.05, 0.1) is 6.61 Å². The maximum Gasteiger partial charge on any atom is 0.524 e. The SMILES string of the molecule is C=CC(=O)NCCOS(=O)(=O)N(C)OS(=O)(=O)C(F)(F)F. The molecule has 0 aliphatic rings. The van der Waals surface area contributed by atoms with E-state index in [4.69, 9.17) is 0 Å². The second-order valence-electron chi connectivity index (χ2n) is 3.16. The average molecular weight is 356 g/mol. The molecular weight excluding hydrogens is 345 g/mol. The molecule has 0 atom stereocenters. The Hall–Kier alpha value is -1.22. The van der Waals surface area contributed by atoms with E-state index in [2.05, 4.69) is 20.4 Å². The number of amides is 1. The molecule has 0 radical (unpaired) electrons. The van der Waals surface area contributed by atoms with E-state index in [1.807, 2.05) is 0 Å². The first-order valence-corrected chi connectivity index (χ1v) is 7.65. The molecule has 1 N–H and O–H groups in total. The van der Waals surface area contributed by atoms with Gasteiger partial charge in [0, 0.05) is 13.6 Å². The van der Waals surface area contributed by atoms with Crippen LogP contribution < -0.4 is 5.32 Å². The van der Waals surface area contributed by atoms with Gasteiger partial charge in [0.25, 0.3) is 0 Å². The Morgan fingerprint density at radius 1 is 1.33 bits per heavy atom. The first-order chi connectivity index (χ1) is 9.33. The van der Waals surface area contributed by atoms with E-state index in [9.17, 15) is 34.8 Å². The smallest absolute Gasteiger partial charge is 0.350 e. The van der Waals surface area contributed by atoms with Crippen LogP contribution in [0.5, 0.6) is 0 Å². The Kier molecular flexibility index (Phi) is 6.75. The minimum atomic E-state index is -6.14. The second-order valence-corrected chi connectivity index (χ2v) is 6.28. The Morgan fingerprint density at radius 2 is 1.86 bits per heavy atom. The van der Waals surface area contributed by atoms with Gasteiger partial charge < -0.3 is 5.32 Å². The third-order valence-corrected chi connectivity index (χ3v) is 3.87. The summed E-state index contributed by atoms with van der Waals surface area (Å²) in [5, 5.41) is 2.11. The van der Waals surface area contributed by atoms with E-state index < -0.39 is 42.9 Å². The van der Waals surface area contributed by atoms with Crippen LogP contribution in [0, 0.1) is 0 Å². The molecule has 0 aromatic carbocycles. The van der Waals surface area contributed by atoms with Gasteiger partial charge in [-0.1, -0.05) is 6.58 Å². The molecule has 0 aromatic rings. The summed E-state index contributed by atoms with van der Waals surface area (Å²) < 4.78 is 86.5. The Balaban J connectivity index is 4.58. The number of carbonyl (C=O) groups excluding carboxylic acids is 1. The summed E-state index contributed by atoms with van der Waals surface area (Å²) in [6.45, 7) is 2.13. The Labute approximate surface area is 118 Å². The summed E-state index contributed by atoms with van der Waals surface area (Å²) in [5.74, 6) is -0.639. The molecule has 0 heterocycles. The highest BCUT2D eigenvalue weighted by Gasteiger charge is 2.49. The fraction of sp³-hybridized carbons (Fsp3) is 0.571. The van der Waals surface area contributed by atoms with Crippen LogP contribution in [0.1, 0.15) is 0 Å². The molecule has 0 rings (SSSR count). The van der Waals surface area contributed by atoms with Crippen LogP contribution in [0.15, 0.2) is 12.7 Å². The van der Waals surface area contributed by atoms with Crippen LogP contribution >= 0.6 is 0 Å². The standard InChI is InChI=1S/C7H11F3N2O7S2/c1-3-6(13)11-4-5-18-21(16,17)12(2)19-20(14,15)7(8,9)10/h3H,1,4-5H2,2H3,(H,11,13). The van der Waals surface area contributed by atoms with Gasteiger partial charge in [-0.25, -0.2) is 0 Å². The predicted octanol–water partition coefficient (Wildman–Crippen LogP) is -0.737. The molecule has 0 bridgehead atoms. The van der Waals surface area contributed by atoms with Crippen LogP contribution in [0.2, 0.25) is 0 Å². The summed E-state index contributed by atoms with van der Waals surface area (Å²) >= 11 is 0. The van der Waals surface area contributed by atoms with Crippen LogP contribution in [0.25, 0.3) is 0 Å². The van der Waals surface area contributed by atoms with Crippen LogP contribution in [-0.2, 0) is 33.7 Å². The van der Waals surface area contributed by atoms with Crippen molar-refractivity contribution >= 4 is 26.3 Å². The number of carbonyl (C=O) groups is 1. The van der Waals surface area contributed by atoms with Crippen molar-refractivity contribution in [2.24, 2.45) is 0 Å². The number of rotatable bonds is 8. The normalized spacial score (nSPS) is 13.2. The lowest BCUT2D eigenvalue weighted by molar-refractivity contribution is -0.116. The minimum absolute atomic E-state index is 0.316. The van der Waals surface area contributed by atoms with E-state index >= 15 is 0 Å². The zero-order chi connectivity index (χ0) is 16.9. The van der Waals surface area contributed by atoms with Gasteiger partial charge in [-0.05, 0) is 10.5 Å². The fourth-order valence-corrected chi connectivity index (χ4v) is 2.03. The van der Waals surface area contributed by atoms with E-state index in [1.54, 1.807) is 0 Å². The van der Waals surface area contributed by atoms with Crippen LogP contribution in [0.3, 0.4) is 0 Å². The summed E-state index contributed by atoms with van der Waals surface area (Å²) in [4.78, 5) is 10.7. The molecule has 0 fully saturated rings. The third kappa shape index (κ3) is 6.38. The van der Waals surface area contributed by atoms with E-state index in [0.29, 0.717) is 7.05 Å². The minimum Gasteiger partial charge on any atom is -0.350 e. The molecule has 0 unspecified atom stereocenters. The molecule has 124 valence electrons. The van der Waals surface area contributed by atoms with Gasteiger partial charge in [0.2, 0.25) is 5.91 Å². The van der Waals surface area contributed by atoms with E-state index in [0.717, 1.165) is 6.08 Å². The van der Waals surface area contributed by atoms with Crippen molar-refractivity contribution < 1.29 is 43.3 Å². The van der Waals surface area contributed by atoms with Crippen molar-refractivity contribution in [3.63, 3.8) is 0 Å². The Bertz CT molecular complexity index is 584. The number of hydrogen-bond acceptors (Lipinski definition) is 7. The number of hydroxylamine groups is 1. The highest BCUT2D eigenvalue weighted by molar-refractivity contribution is 7.88. The molecule has 0 aliphatic carbocycles. The molecule has 21 heavy (non-hydrogen) atoms. The fourth-order valence-electron chi connectivity index (χ4n) is 0.685. The number of nitrogens with one attached hydrogen (secondary N) is 1. The van der Waals surface area contributed by atoms with Gasteiger partial charge in [-0.3, -0.25) is 8.98 Å². The molecule has 14 heteroatoms. The highest BCUT2D eigenvalue weighted by atomic mass is 32.2. The molecule has 0 spiro atoms. The first-order valence-electron chi connectivity index (χ1n) is 4.88. The number of alkyl halides is 3. The van der Waals surface area contributed by atoms with Crippen molar-refractivity contribution in [1.29, 1.82) is 0 Å². The Morgan fingerprint density at radius 3 is 2.29 bits per heavy atom. The van der Waals surface area contributed by atoms with Gasteiger partial charge in [-0.2, -0.15) is 34.3 Å². The summed E-state index contributed by atoms with van der Waals surface area (Å²) in [6.07, 6.45) is 0.889. The third-order valence-electron chi connectivity index (χ3n) is 1.62. The monoisotopic (exact) mass is 356 g/mol. The van der Waals surface area contributed by atoms with Crippen molar-refractivity contribution in [3.05, 3.63) is 12.7 Å². The maximum atomic E-state index is 12.0. The first kappa shape index (κ1) is 19.8. The van der Waals surface area contributed by atoms with Gasteiger partial charge in [0.1, 0.15) is 0 Å². The zero-order valence-corrected chi connectivity index (χ0v) is 12.1. The quantitative estimate of drug-likeness (QED) is 0.263. The van der Waals surface area contributed by atoms with Gasteiger partial charge >= 0.3 is 25.9 Å². The molecule has 0 aliphatic heterocycles. The van der Waals surface area contributed by atoms with E-state index in [1.165, 1.54) is 0 Å². The summed E-state index contributed by atoms with van der Waals surface area (Å²) in [6, 6.07) is 0. The number of hydrogen-bond donors (Lipinski definition) is 1. The summed E-state index contributed by atoms with van der Waals surface area (Å²) in [5.41, 5.74) is -5.80. The molecule has 0 saturated heterocycles. The predicted molar refractivity (Wildman–Crippen MR) is 61.9 cm³/mol. The maximum absolute atomic E-state index is 12.0. The van der Waals surface area contributed by atoms with Crippen molar-refractivity contribution in [3.8, 4) is 0 Å². The molecule has 0 aromatic heterocycles. The molecule has 9 nitrogen and oxygen atoms in total. The lowest BCUT2D eigenvalue weighted by atomic mass is 10.5. The highest BCUT2D eigenvalue weighted by Crippen LogP contribution is 2.25. The average Bonchev–Trinajstić information content (AvgIpc) is 2.32. The molecule has 0 saturated carbocycles. The van der Waals surface area contributed by atoms with Crippen molar-refractivity contribution in [1.82, 2.24) is 9.79 Å². The van der Waals surface area contributed by atoms with Crippen molar-refractivity contribution in [2.75, 3.05) is 20.2 Å². The van der Waals surface area contributed by atoms with Crippen LogP contribution in [0.4, 0.5) is 13.2 Å². The van der Waals surface area contributed by atoms with Crippen molar-refractivity contribution in [2.45, 2.75) is 5.51 Å². The summed E-state index contributed by atoms with van der Waals surface area (Å²) in [7, 11) is -10.7. The molecular formula is C7H11F3N2O7S2. The second kappa shape index (κ2) is 7.17. The van der Waals surface area contributed by atoms with Crippen LogP contribution in [-0.4, -0.2) is 52.9 Å². The topological polar surface area (TPSA) is 119 Å². The zero-order valence-electron chi connectivity index (χ0n) is 10.5. The van der Waals surface area contributed by atoms with Gasteiger partial charge in [0.15, 0.2) is 0 Å². The molecule has 1 amide bonds. The lowest BCUT2D eigenvalue weighted by Crippen LogP contribution is -2.37. The van der Waals surface area contributed by atoms with E-state index in [-0.39, 0.29) is 6.54 Å². The van der Waals surface area contributed by atoms with Gasteiger partial charge in [-0.15, -0.1) is 0 Å². The number of halogens is 3. The largest absolute Gasteiger partial charge is 0.524 e.